The molecule has 0 saturated heterocycles. The maximum Gasteiger partial charge on any atom is 0.341 e. The number of nitrogen functional groups attached to an aromatic ring is 1. The van der Waals surface area contributed by atoms with Crippen molar-refractivity contribution in [3.63, 3.8) is 0 Å². The zero-order chi connectivity index (χ0) is 12.3. The lowest BCUT2D eigenvalue weighted by molar-refractivity contribution is -0.384. The standard InChI is InChI=1S/C9H9FN2O4/c1-2-16-9(13)6-3-5(12(14)15)4-7(11)8(6)10/h3-4H,2,11H2,1H3. The first kappa shape index (κ1) is 11.9. The highest BCUT2D eigenvalue weighted by Gasteiger charge is 2.20. The zero-order valence-corrected chi connectivity index (χ0v) is 8.40. The molecule has 0 aliphatic rings. The topological polar surface area (TPSA) is 95.5 Å². The highest BCUT2D eigenvalue weighted by atomic mass is 19.1. The number of rotatable bonds is 3. The van der Waals surface area contributed by atoms with E-state index < -0.39 is 33.6 Å². The summed E-state index contributed by atoms with van der Waals surface area (Å²) in [4.78, 5) is 21.0. The van der Waals surface area contributed by atoms with Crippen LogP contribution in [0.15, 0.2) is 12.1 Å². The van der Waals surface area contributed by atoms with Crippen LogP contribution >= 0.6 is 0 Å². The first-order valence-corrected chi connectivity index (χ1v) is 4.38. The average Bonchev–Trinajstić information content (AvgIpc) is 2.21. The number of anilines is 1. The van der Waals surface area contributed by atoms with E-state index in [0.717, 1.165) is 12.1 Å². The molecule has 1 aromatic carbocycles. The van der Waals surface area contributed by atoms with Crippen molar-refractivity contribution in [1.82, 2.24) is 0 Å². The normalized spacial score (nSPS) is 9.88. The third kappa shape index (κ3) is 2.25. The van der Waals surface area contributed by atoms with Crippen LogP contribution < -0.4 is 5.73 Å². The summed E-state index contributed by atoms with van der Waals surface area (Å²) in [5, 5.41) is 10.5. The van der Waals surface area contributed by atoms with E-state index in [9.17, 15) is 19.3 Å². The summed E-state index contributed by atoms with van der Waals surface area (Å²) in [7, 11) is 0. The summed E-state index contributed by atoms with van der Waals surface area (Å²) in [6.07, 6.45) is 0. The minimum Gasteiger partial charge on any atom is -0.462 e. The Labute approximate surface area is 90.0 Å². The van der Waals surface area contributed by atoms with Crippen molar-refractivity contribution in [3.8, 4) is 0 Å². The van der Waals surface area contributed by atoms with Gasteiger partial charge in [-0.25, -0.2) is 9.18 Å². The predicted octanol–water partition coefficient (Wildman–Crippen LogP) is 1.49. The predicted molar refractivity (Wildman–Crippen MR) is 53.4 cm³/mol. The van der Waals surface area contributed by atoms with Crippen LogP contribution in [0, 0.1) is 15.9 Å². The molecule has 0 amide bonds. The van der Waals surface area contributed by atoms with Crippen molar-refractivity contribution < 1.29 is 18.8 Å². The molecular weight excluding hydrogens is 219 g/mol. The molecule has 6 nitrogen and oxygen atoms in total. The van der Waals surface area contributed by atoms with Gasteiger partial charge in [-0.2, -0.15) is 0 Å². The van der Waals surface area contributed by atoms with Crippen LogP contribution in [0.1, 0.15) is 17.3 Å². The Morgan fingerprint density at radius 2 is 2.25 bits per heavy atom. The second-order valence-corrected chi connectivity index (χ2v) is 2.87. The van der Waals surface area contributed by atoms with Gasteiger partial charge in [0.25, 0.3) is 5.69 Å². The third-order valence-corrected chi connectivity index (χ3v) is 1.79. The fraction of sp³-hybridized carbons (Fsp3) is 0.222. The molecule has 0 fully saturated rings. The number of nitro benzene ring substituents is 1. The highest BCUT2D eigenvalue weighted by molar-refractivity contribution is 5.91. The van der Waals surface area contributed by atoms with Crippen molar-refractivity contribution in [1.29, 1.82) is 0 Å². The lowest BCUT2D eigenvalue weighted by atomic mass is 10.1. The van der Waals surface area contributed by atoms with Crippen LogP contribution in [0.5, 0.6) is 0 Å². The van der Waals surface area contributed by atoms with Gasteiger partial charge in [-0.15, -0.1) is 0 Å². The van der Waals surface area contributed by atoms with Gasteiger partial charge in [-0.1, -0.05) is 0 Å². The molecule has 86 valence electrons. The van der Waals surface area contributed by atoms with Gasteiger partial charge >= 0.3 is 5.97 Å². The minimum absolute atomic E-state index is 0.0425. The molecule has 7 heteroatoms. The molecule has 0 aliphatic heterocycles. The fourth-order valence-electron chi connectivity index (χ4n) is 1.09. The van der Waals surface area contributed by atoms with Crippen molar-refractivity contribution in [2.45, 2.75) is 6.92 Å². The first-order chi connectivity index (χ1) is 7.47. The van der Waals surface area contributed by atoms with Gasteiger partial charge in [0.05, 0.1) is 17.2 Å². The second-order valence-electron chi connectivity index (χ2n) is 2.87. The smallest absolute Gasteiger partial charge is 0.341 e. The lowest BCUT2D eigenvalue weighted by Crippen LogP contribution is -2.09. The molecule has 0 atom stereocenters. The van der Waals surface area contributed by atoms with Gasteiger partial charge in [-0.05, 0) is 6.92 Å². The van der Waals surface area contributed by atoms with E-state index in [1.54, 1.807) is 0 Å². The van der Waals surface area contributed by atoms with Crippen LogP contribution in [0.3, 0.4) is 0 Å². The molecule has 0 heterocycles. The molecule has 0 spiro atoms. The number of hydrogen-bond acceptors (Lipinski definition) is 5. The number of carbonyl (C=O) groups is 1. The number of carbonyl (C=O) groups excluding carboxylic acids is 1. The minimum atomic E-state index is -1.01. The van der Waals surface area contributed by atoms with E-state index in [4.69, 9.17) is 5.73 Å². The molecule has 0 aromatic heterocycles. The molecule has 0 aliphatic carbocycles. The van der Waals surface area contributed by atoms with Crippen molar-refractivity contribution in [3.05, 3.63) is 33.6 Å². The summed E-state index contributed by atoms with van der Waals surface area (Å²) in [6, 6.07) is 1.64. The summed E-state index contributed by atoms with van der Waals surface area (Å²) in [5.41, 5.74) is 3.75. The van der Waals surface area contributed by atoms with Crippen LogP contribution in [0.4, 0.5) is 15.8 Å². The van der Waals surface area contributed by atoms with Gasteiger partial charge in [0.15, 0.2) is 5.82 Å². The number of nitrogens with zero attached hydrogens (tertiary/aromatic N) is 1. The van der Waals surface area contributed by atoms with Crippen LogP contribution in [0.2, 0.25) is 0 Å². The van der Waals surface area contributed by atoms with Crippen molar-refractivity contribution in [2.75, 3.05) is 12.3 Å². The van der Waals surface area contributed by atoms with Gasteiger partial charge in [0.2, 0.25) is 0 Å². The Morgan fingerprint density at radius 1 is 1.62 bits per heavy atom. The fourth-order valence-corrected chi connectivity index (χ4v) is 1.09. The van der Waals surface area contributed by atoms with Gasteiger partial charge < -0.3 is 10.5 Å². The van der Waals surface area contributed by atoms with Gasteiger partial charge in [0.1, 0.15) is 5.56 Å². The van der Waals surface area contributed by atoms with Crippen molar-refractivity contribution >= 4 is 17.3 Å². The maximum atomic E-state index is 13.4. The monoisotopic (exact) mass is 228 g/mol. The van der Waals surface area contributed by atoms with Crippen LogP contribution in [0.25, 0.3) is 0 Å². The number of hydrogen-bond donors (Lipinski definition) is 1. The Balaban J connectivity index is 3.26. The number of ether oxygens (including phenoxy) is 1. The van der Waals surface area contributed by atoms with Gasteiger partial charge in [-0.3, -0.25) is 10.1 Å². The first-order valence-electron chi connectivity index (χ1n) is 4.38. The summed E-state index contributed by atoms with van der Waals surface area (Å²) in [5.74, 6) is -1.99. The number of nitro groups is 1. The van der Waals surface area contributed by atoms with Gasteiger partial charge in [0, 0.05) is 12.1 Å². The van der Waals surface area contributed by atoms with E-state index in [1.807, 2.05) is 0 Å². The summed E-state index contributed by atoms with van der Waals surface area (Å²) in [6.45, 7) is 1.58. The summed E-state index contributed by atoms with van der Waals surface area (Å²) >= 11 is 0. The van der Waals surface area contributed by atoms with Crippen LogP contribution in [-0.4, -0.2) is 17.5 Å². The number of benzene rings is 1. The van der Waals surface area contributed by atoms with Crippen molar-refractivity contribution in [2.24, 2.45) is 0 Å². The molecule has 0 bridgehead atoms. The van der Waals surface area contributed by atoms with E-state index in [-0.39, 0.29) is 6.61 Å². The van der Waals surface area contributed by atoms with E-state index in [1.165, 1.54) is 6.92 Å². The highest BCUT2D eigenvalue weighted by Crippen LogP contribution is 2.23. The largest absolute Gasteiger partial charge is 0.462 e. The Hall–Kier alpha value is -2.18. The Bertz CT molecular complexity index is 447. The molecule has 1 rings (SSSR count). The van der Waals surface area contributed by atoms with E-state index in [0.29, 0.717) is 0 Å². The second kappa shape index (κ2) is 4.56. The number of esters is 1. The Morgan fingerprint density at radius 3 is 2.75 bits per heavy atom. The quantitative estimate of drug-likeness (QED) is 0.366. The molecular formula is C9H9FN2O4. The molecule has 0 radical (unpaired) electrons. The van der Waals surface area contributed by atoms with E-state index in [2.05, 4.69) is 4.74 Å². The molecule has 0 unspecified atom stereocenters. The zero-order valence-electron chi connectivity index (χ0n) is 8.40. The maximum absolute atomic E-state index is 13.4. The van der Waals surface area contributed by atoms with E-state index >= 15 is 0 Å². The lowest BCUT2D eigenvalue weighted by Gasteiger charge is -2.04. The molecule has 2 N–H and O–H groups in total. The number of nitrogens with two attached hydrogens (primary N) is 1. The third-order valence-electron chi connectivity index (χ3n) is 1.79. The number of non-ortho nitro benzene ring substituents is 1. The molecule has 16 heavy (non-hydrogen) atoms. The summed E-state index contributed by atoms with van der Waals surface area (Å²) < 4.78 is 17.9. The Kier molecular flexibility index (Phi) is 3.39. The molecule has 1 aromatic rings. The van der Waals surface area contributed by atoms with Crippen LogP contribution in [-0.2, 0) is 4.74 Å². The molecule has 0 saturated carbocycles. The SMILES string of the molecule is CCOC(=O)c1cc([N+](=O)[O-])cc(N)c1F. The number of halogens is 1. The average molecular weight is 228 g/mol.